The van der Waals surface area contributed by atoms with Gasteiger partial charge in [0, 0.05) is 19.2 Å². The van der Waals surface area contributed by atoms with E-state index in [2.05, 4.69) is 4.98 Å². The Balaban J connectivity index is 0.00000196. The van der Waals surface area contributed by atoms with Gasteiger partial charge in [-0.1, -0.05) is 11.6 Å². The summed E-state index contributed by atoms with van der Waals surface area (Å²) in [6, 6.07) is 5.80. The topological polar surface area (TPSA) is 62.7 Å². The van der Waals surface area contributed by atoms with Gasteiger partial charge in [0.05, 0.1) is 17.1 Å². The number of benzene rings is 1. The molecule has 0 saturated carbocycles. The molecular weight excluding hydrogens is 380 g/mol. The van der Waals surface area contributed by atoms with E-state index in [4.69, 9.17) is 16.3 Å². The van der Waals surface area contributed by atoms with Gasteiger partial charge in [-0.15, -0.1) is 0 Å². The van der Waals surface area contributed by atoms with Crippen molar-refractivity contribution >= 4 is 23.4 Å². The first-order chi connectivity index (χ1) is 12.2. The number of hydrogen-bond donors (Lipinski definition) is 1. The maximum Gasteiger partial charge on any atom is 1.00 e. The third-order valence-corrected chi connectivity index (χ3v) is 4.20. The van der Waals surface area contributed by atoms with E-state index in [1.807, 2.05) is 0 Å². The molecule has 1 aliphatic heterocycles. The quantitative estimate of drug-likeness (QED) is 0.790. The zero-order chi connectivity index (χ0) is 18.9. The van der Waals surface area contributed by atoms with Crippen molar-refractivity contribution in [2.24, 2.45) is 0 Å². The summed E-state index contributed by atoms with van der Waals surface area (Å²) in [5.74, 6) is -0.519. The standard InChI is InChI=1S/C17H14ClF3N2O3.Li.H/c18-11-7-14(16(24)25)15(22-8-11)23-6-5-13(9-23)26-12-3-1-10(2-4-12)17(19,20)21;;/h1-4,7-8,13H,5-6,9H2,(H,24,25);;/q;+1;-1. The van der Waals surface area contributed by atoms with E-state index in [1.165, 1.54) is 24.4 Å². The summed E-state index contributed by atoms with van der Waals surface area (Å²) in [5.41, 5.74) is -0.748. The third-order valence-electron chi connectivity index (χ3n) is 3.99. The van der Waals surface area contributed by atoms with Gasteiger partial charge < -0.3 is 16.2 Å². The molecule has 1 saturated heterocycles. The van der Waals surface area contributed by atoms with E-state index < -0.39 is 17.7 Å². The molecule has 1 aromatic heterocycles. The minimum absolute atomic E-state index is 0. The number of anilines is 1. The summed E-state index contributed by atoms with van der Waals surface area (Å²) < 4.78 is 43.5. The molecule has 10 heteroatoms. The summed E-state index contributed by atoms with van der Waals surface area (Å²) in [6.45, 7) is 0.885. The van der Waals surface area contributed by atoms with Crippen LogP contribution in [0.2, 0.25) is 5.02 Å². The van der Waals surface area contributed by atoms with Crippen molar-refractivity contribution < 1.29 is 48.1 Å². The molecular formula is C17H15ClF3LiN2O3. The van der Waals surface area contributed by atoms with Crippen molar-refractivity contribution in [2.75, 3.05) is 18.0 Å². The smallest absolute Gasteiger partial charge is 1.00 e. The zero-order valence-electron chi connectivity index (χ0n) is 15.3. The van der Waals surface area contributed by atoms with Crippen LogP contribution < -0.4 is 28.5 Å². The maximum absolute atomic E-state index is 12.6. The number of hydrogen-bond acceptors (Lipinski definition) is 4. The number of pyridine rings is 1. The molecule has 0 radical (unpaired) electrons. The van der Waals surface area contributed by atoms with Crippen LogP contribution in [0.15, 0.2) is 36.5 Å². The molecule has 27 heavy (non-hydrogen) atoms. The van der Waals surface area contributed by atoms with Gasteiger partial charge >= 0.3 is 31.0 Å². The predicted molar refractivity (Wildman–Crippen MR) is 90.0 cm³/mol. The van der Waals surface area contributed by atoms with Crippen molar-refractivity contribution in [3.8, 4) is 5.75 Å². The molecule has 1 unspecified atom stereocenters. The number of aromatic nitrogens is 1. The van der Waals surface area contributed by atoms with Gasteiger partial charge in [-0.2, -0.15) is 13.2 Å². The average molecular weight is 395 g/mol. The number of nitrogens with zero attached hydrogens (tertiary/aromatic N) is 2. The largest absolute Gasteiger partial charge is 1.00 e. The molecule has 0 bridgehead atoms. The van der Waals surface area contributed by atoms with Crippen LogP contribution in [0, 0.1) is 0 Å². The first-order valence-electron chi connectivity index (χ1n) is 7.72. The monoisotopic (exact) mass is 394 g/mol. The fourth-order valence-electron chi connectivity index (χ4n) is 2.77. The number of aromatic carboxylic acids is 1. The van der Waals surface area contributed by atoms with E-state index in [0.29, 0.717) is 31.1 Å². The molecule has 0 spiro atoms. The number of alkyl halides is 3. The first kappa shape index (κ1) is 21.4. The van der Waals surface area contributed by atoms with Crippen LogP contribution in [-0.4, -0.2) is 35.3 Å². The second kappa shape index (κ2) is 8.42. The van der Waals surface area contributed by atoms with Crippen LogP contribution in [-0.2, 0) is 6.18 Å². The second-order valence-corrected chi connectivity index (χ2v) is 6.26. The average Bonchev–Trinajstić information content (AvgIpc) is 3.02. The molecule has 3 rings (SSSR count). The number of carboxylic acid groups (broad SMARTS) is 1. The Morgan fingerprint density at radius 2 is 2.00 bits per heavy atom. The Kier molecular flexibility index (Phi) is 6.68. The van der Waals surface area contributed by atoms with Crippen LogP contribution in [0.1, 0.15) is 23.8 Å². The van der Waals surface area contributed by atoms with Crippen LogP contribution >= 0.6 is 11.6 Å². The van der Waals surface area contributed by atoms with E-state index >= 15 is 0 Å². The fourth-order valence-corrected chi connectivity index (χ4v) is 2.93. The van der Waals surface area contributed by atoms with Gasteiger partial charge in [-0.3, -0.25) is 0 Å². The molecule has 2 aromatic rings. The SMILES string of the molecule is O=C(O)c1cc(Cl)cnc1N1CCC(Oc2ccc(C(F)(F)F)cc2)C1.[H-].[Li+]. The van der Waals surface area contributed by atoms with Crippen LogP contribution in [0.25, 0.3) is 0 Å². The van der Waals surface area contributed by atoms with Crippen LogP contribution in [0.3, 0.4) is 0 Å². The molecule has 1 N–H and O–H groups in total. The van der Waals surface area contributed by atoms with Gasteiger partial charge in [-0.05, 0) is 30.3 Å². The van der Waals surface area contributed by atoms with Crippen molar-refractivity contribution in [1.82, 2.24) is 4.98 Å². The summed E-state index contributed by atoms with van der Waals surface area (Å²) in [7, 11) is 0. The first-order valence-corrected chi connectivity index (χ1v) is 8.09. The Labute approximate surface area is 171 Å². The Morgan fingerprint density at radius 1 is 1.33 bits per heavy atom. The van der Waals surface area contributed by atoms with E-state index in [-0.39, 0.29) is 37.0 Å². The van der Waals surface area contributed by atoms with Gasteiger partial charge in [0.15, 0.2) is 0 Å². The fraction of sp³-hybridized carbons (Fsp3) is 0.294. The molecule has 1 atom stereocenters. The van der Waals surface area contributed by atoms with Crippen LogP contribution in [0.5, 0.6) is 5.75 Å². The van der Waals surface area contributed by atoms with Gasteiger partial charge in [-0.25, -0.2) is 9.78 Å². The minimum atomic E-state index is -4.39. The van der Waals surface area contributed by atoms with E-state index in [1.54, 1.807) is 4.90 Å². The minimum Gasteiger partial charge on any atom is -1.00 e. The molecule has 1 aromatic carbocycles. The molecule has 1 fully saturated rings. The zero-order valence-corrected chi connectivity index (χ0v) is 15.1. The van der Waals surface area contributed by atoms with Crippen molar-refractivity contribution in [1.29, 1.82) is 0 Å². The Bertz CT molecular complexity index is 824. The number of rotatable bonds is 4. The third kappa shape index (κ3) is 5.10. The van der Waals surface area contributed by atoms with Crippen molar-refractivity contribution in [2.45, 2.75) is 18.7 Å². The van der Waals surface area contributed by atoms with Crippen molar-refractivity contribution in [3.63, 3.8) is 0 Å². The van der Waals surface area contributed by atoms with Gasteiger partial charge in [0.25, 0.3) is 0 Å². The van der Waals surface area contributed by atoms with Gasteiger partial charge in [0.1, 0.15) is 23.2 Å². The molecule has 0 amide bonds. The normalized spacial score (nSPS) is 16.7. The molecule has 1 aliphatic rings. The summed E-state index contributed by atoms with van der Waals surface area (Å²) in [4.78, 5) is 17.2. The molecule has 5 nitrogen and oxygen atoms in total. The maximum atomic E-state index is 12.6. The molecule has 2 heterocycles. The number of ether oxygens (including phenoxy) is 1. The Hall–Kier alpha value is -1.88. The van der Waals surface area contributed by atoms with Gasteiger partial charge in [0.2, 0.25) is 0 Å². The number of halogens is 4. The molecule has 140 valence electrons. The number of carboxylic acids is 1. The van der Waals surface area contributed by atoms with Crippen LogP contribution in [0.4, 0.5) is 19.0 Å². The Morgan fingerprint density at radius 3 is 2.59 bits per heavy atom. The summed E-state index contributed by atoms with van der Waals surface area (Å²) in [5, 5.41) is 9.52. The summed E-state index contributed by atoms with van der Waals surface area (Å²) >= 11 is 5.80. The predicted octanol–water partition coefficient (Wildman–Crippen LogP) is 1.23. The van der Waals surface area contributed by atoms with E-state index in [0.717, 1.165) is 12.1 Å². The summed E-state index contributed by atoms with van der Waals surface area (Å²) in [6.07, 6.45) is -2.72. The van der Waals surface area contributed by atoms with E-state index in [9.17, 15) is 23.1 Å². The second-order valence-electron chi connectivity index (χ2n) is 5.83. The molecule has 0 aliphatic carbocycles. The van der Waals surface area contributed by atoms with Crippen molar-refractivity contribution in [3.05, 3.63) is 52.7 Å². The number of carbonyl (C=O) groups is 1.